The molecule has 0 aromatic heterocycles. The van der Waals surface area contributed by atoms with E-state index in [1.807, 2.05) is 138 Å². The summed E-state index contributed by atoms with van der Waals surface area (Å²) in [6, 6.07) is 23.0. The summed E-state index contributed by atoms with van der Waals surface area (Å²) < 4.78 is 181. The maximum Gasteiger partial charge on any atom is 0.402 e. The molecule has 0 spiro atoms. The normalized spacial score (nSPS) is 13.2. The van der Waals surface area contributed by atoms with Crippen molar-refractivity contribution in [1.82, 2.24) is 0 Å². The van der Waals surface area contributed by atoms with Crippen molar-refractivity contribution in [3.8, 4) is 46.0 Å². The highest BCUT2D eigenvalue weighted by Gasteiger charge is 2.62. The number of hydrogen-bond acceptors (Lipinski definition) is 8. The van der Waals surface area contributed by atoms with Gasteiger partial charge in [-0.3, -0.25) is 0 Å². The predicted molar refractivity (Wildman–Crippen MR) is 463 cm³/mol. The Morgan fingerprint density at radius 1 is 0.217 bits per heavy atom. The molecule has 0 aliphatic rings. The maximum atomic E-state index is 15.8. The third kappa shape index (κ3) is 20.3. The van der Waals surface area contributed by atoms with Gasteiger partial charge in [0.15, 0.2) is 0 Å². The molecule has 120 heavy (non-hydrogen) atoms. The Balaban J connectivity index is 0.000000287. The van der Waals surface area contributed by atoms with E-state index in [0.29, 0.717) is 115 Å². The van der Waals surface area contributed by atoms with E-state index < -0.39 is 68.0 Å². The number of rotatable bonds is 16. The van der Waals surface area contributed by atoms with E-state index in [2.05, 4.69) is 0 Å². The van der Waals surface area contributed by atoms with Crippen LogP contribution in [0.1, 0.15) is 351 Å². The molecule has 0 bridgehead atoms. The predicted octanol–water partition coefficient (Wildman–Crippen LogP) is 29.0. The number of phenolic OH excluding ortho intramolecular Hbond substituents is 8. The van der Waals surface area contributed by atoms with Crippen molar-refractivity contribution in [3.63, 3.8) is 0 Å². The molecule has 664 valence electrons. The van der Waals surface area contributed by atoms with Crippen molar-refractivity contribution in [1.29, 1.82) is 0 Å². The Kier molecular flexibility index (Phi) is 30.6. The zero-order chi connectivity index (χ0) is 92.9. The van der Waals surface area contributed by atoms with Crippen LogP contribution in [-0.2, 0) is 69.0 Å². The largest absolute Gasteiger partial charge is 0.508 e. The van der Waals surface area contributed by atoms with Crippen molar-refractivity contribution >= 4 is 0 Å². The minimum absolute atomic E-state index is 0.0147. The number of aryl methyl sites for hydroxylation is 8. The summed E-state index contributed by atoms with van der Waals surface area (Å²) in [6.07, 6.45) is -16.9. The van der Waals surface area contributed by atoms with Crippen molar-refractivity contribution in [2.75, 3.05) is 0 Å². The van der Waals surface area contributed by atoms with Gasteiger partial charge in [-0.05, 0) is 357 Å². The molecule has 0 fully saturated rings. The Hall–Kier alpha value is -8.68. The number of aromatic hydroxyl groups is 8. The number of alkyl halides is 12. The Bertz CT molecular complexity index is 4480. The molecule has 0 amide bonds. The molecule has 20 heteroatoms. The molecule has 0 aliphatic carbocycles. The average molecular weight is 1690 g/mol. The minimum atomic E-state index is -4.68. The lowest BCUT2D eigenvalue weighted by Crippen LogP contribution is -2.47. The second-order valence-corrected chi connectivity index (χ2v) is 38.5. The van der Waals surface area contributed by atoms with Crippen LogP contribution in [0.15, 0.2) is 97.1 Å². The van der Waals surface area contributed by atoms with Crippen LogP contribution < -0.4 is 0 Å². The molecule has 0 unspecified atom stereocenters. The smallest absolute Gasteiger partial charge is 0.402 e. The van der Waals surface area contributed by atoms with Crippen LogP contribution in [0.2, 0.25) is 0 Å². The van der Waals surface area contributed by atoms with Gasteiger partial charge < -0.3 is 40.9 Å². The van der Waals surface area contributed by atoms with Gasteiger partial charge in [0.05, 0.1) is 0 Å². The summed E-state index contributed by atoms with van der Waals surface area (Å²) in [6.45, 7) is 55.7. The molecule has 0 atom stereocenters. The lowest BCUT2D eigenvalue weighted by atomic mass is 9.60. The lowest BCUT2D eigenvalue weighted by Gasteiger charge is -2.45. The lowest BCUT2D eigenvalue weighted by molar-refractivity contribution is -0.174. The molecule has 0 saturated carbocycles. The summed E-state index contributed by atoms with van der Waals surface area (Å²) in [4.78, 5) is 0. The van der Waals surface area contributed by atoms with Crippen molar-refractivity contribution < 1.29 is 93.5 Å². The maximum absolute atomic E-state index is 15.8. The van der Waals surface area contributed by atoms with Crippen molar-refractivity contribution in [3.05, 3.63) is 231 Å². The SMILES string of the molecule is CC(C)(C)c1cc(O)cc(C(C)(C)C)c1C(C)(c1c(C(C)(C)C)cc(O)cc1C(C)(C)C)C(F)(F)F.CC(C)c1cc(O)cc(C(C)C)c1C(C)(c1c(C(C)C)cc(O)cc1C(C)C)C(F)(F)F.CCc1cc(O)cc(CC)c1C(C)(c1c(CC)cc(O)cc1CC)C(F)(F)F.Cc1cc(O)cc(C)c1C(C)(c1c(C)cc(O)cc1C)C(F)(F)F. The number of halogens is 12. The van der Waals surface area contributed by atoms with E-state index in [1.165, 1.54) is 118 Å². The quantitative estimate of drug-likeness (QED) is 0.0444. The average Bonchev–Trinajstić information content (AvgIpc) is 0.711. The van der Waals surface area contributed by atoms with E-state index in [1.54, 1.807) is 55.4 Å². The van der Waals surface area contributed by atoms with E-state index in [-0.39, 0.29) is 114 Å². The zero-order valence-electron chi connectivity index (χ0n) is 76.5. The first-order chi connectivity index (χ1) is 54.2. The molecular weight excluding hydrogens is 1560 g/mol. The summed E-state index contributed by atoms with van der Waals surface area (Å²) in [7, 11) is 0. The molecule has 8 rings (SSSR count). The summed E-state index contributed by atoms with van der Waals surface area (Å²) >= 11 is 0. The molecule has 8 aromatic rings. The minimum Gasteiger partial charge on any atom is -0.508 e. The number of phenols is 8. The number of hydrogen-bond donors (Lipinski definition) is 8. The second-order valence-electron chi connectivity index (χ2n) is 38.5. The van der Waals surface area contributed by atoms with Gasteiger partial charge in [-0.2, -0.15) is 52.7 Å². The molecule has 8 aromatic carbocycles. The highest BCUT2D eigenvalue weighted by Crippen LogP contribution is 2.61. The van der Waals surface area contributed by atoms with Gasteiger partial charge in [-0.15, -0.1) is 0 Å². The molecule has 0 radical (unpaired) electrons. The van der Waals surface area contributed by atoms with Gasteiger partial charge in [0.1, 0.15) is 67.7 Å². The number of benzene rings is 8. The Morgan fingerprint density at radius 3 is 0.533 bits per heavy atom. The van der Waals surface area contributed by atoms with Crippen LogP contribution in [0, 0.1) is 27.7 Å². The second kappa shape index (κ2) is 36.0. The van der Waals surface area contributed by atoms with Gasteiger partial charge in [-0.1, -0.05) is 166 Å². The van der Waals surface area contributed by atoms with Gasteiger partial charge in [0, 0.05) is 0 Å². The molecule has 0 aliphatic heterocycles. The van der Waals surface area contributed by atoms with Gasteiger partial charge >= 0.3 is 24.7 Å². The van der Waals surface area contributed by atoms with E-state index in [0.717, 1.165) is 6.92 Å². The fourth-order valence-corrected chi connectivity index (χ4v) is 18.0. The molecule has 0 saturated heterocycles. The zero-order valence-corrected chi connectivity index (χ0v) is 76.5. The van der Waals surface area contributed by atoms with Crippen LogP contribution in [-0.4, -0.2) is 65.6 Å². The van der Waals surface area contributed by atoms with Crippen LogP contribution in [0.25, 0.3) is 0 Å². The topological polar surface area (TPSA) is 162 Å². The Morgan fingerprint density at radius 2 is 0.367 bits per heavy atom. The van der Waals surface area contributed by atoms with E-state index >= 15 is 26.3 Å². The first-order valence-electron chi connectivity index (χ1n) is 41.3. The molecule has 8 N–H and O–H groups in total. The van der Waals surface area contributed by atoms with Crippen LogP contribution in [0.3, 0.4) is 0 Å². The highest BCUT2D eigenvalue weighted by molar-refractivity contribution is 5.65. The summed E-state index contributed by atoms with van der Waals surface area (Å²) in [5, 5.41) is 81.5. The first kappa shape index (κ1) is 102. The molecule has 0 heterocycles. The molecular formula is C100H132F12O8. The van der Waals surface area contributed by atoms with Gasteiger partial charge in [-0.25, -0.2) is 0 Å². The Labute approximate surface area is 705 Å². The van der Waals surface area contributed by atoms with Gasteiger partial charge in [0.25, 0.3) is 0 Å². The summed E-state index contributed by atoms with van der Waals surface area (Å²) in [5.41, 5.74) is -3.23. The van der Waals surface area contributed by atoms with E-state index in [9.17, 15) is 67.2 Å². The third-order valence-corrected chi connectivity index (χ3v) is 23.7. The third-order valence-electron chi connectivity index (χ3n) is 23.7. The standard InChI is InChI=1S/C31H45F3O2.C27H37F3O2.C23H29F3O2.C19H21F3O2/c1-26(2,3)20-14-18(35)15-21(27(4,5)6)24(20)30(13,31(32,33)34)25-22(28(7,8)9)16-19(36)17-23(25)29(10,11)12;1-14(2)20-10-18(31)11-21(15(3)4)24(20)26(9,27(28,29)30)25-22(16(5)6)12-19(32)13-23(25)17(7)8;1-6-14-10-18(27)11-15(7-2)20(14)22(5,23(24,25)26)21-16(8-3)12-19(28)13-17(21)9-4;1-10-6-14(23)7-11(2)16(10)18(5,19(20,21)22)17-12(3)8-15(24)9-13(17)4/h14-17,35-36H,1-13H3;10-17,31-32H,1-9H3;10-13,27-28H,6-9H2,1-5H3;6-9,23-24H,1-5H3. The fraction of sp³-hybridized carbons (Fsp3) is 0.520. The molecule has 8 nitrogen and oxygen atoms in total. The van der Waals surface area contributed by atoms with Crippen LogP contribution in [0.4, 0.5) is 52.7 Å². The monoisotopic (exact) mass is 1690 g/mol. The highest BCUT2D eigenvalue weighted by atomic mass is 19.4. The first-order valence-corrected chi connectivity index (χ1v) is 41.3. The van der Waals surface area contributed by atoms with Crippen LogP contribution in [0.5, 0.6) is 46.0 Å². The van der Waals surface area contributed by atoms with Crippen molar-refractivity contribution in [2.45, 2.75) is 339 Å². The summed E-state index contributed by atoms with van der Waals surface area (Å²) in [5.74, 6) is -1.18. The van der Waals surface area contributed by atoms with Crippen molar-refractivity contribution in [2.24, 2.45) is 0 Å². The van der Waals surface area contributed by atoms with Gasteiger partial charge in [0.2, 0.25) is 0 Å². The van der Waals surface area contributed by atoms with E-state index in [4.69, 9.17) is 0 Å². The fourth-order valence-electron chi connectivity index (χ4n) is 18.0. The van der Waals surface area contributed by atoms with Crippen LogP contribution >= 0.6 is 0 Å².